The van der Waals surface area contributed by atoms with Crippen LogP contribution in [-0.2, 0) is 17.8 Å². The van der Waals surface area contributed by atoms with E-state index in [1.54, 1.807) is 66.7 Å². The second kappa shape index (κ2) is 10.1. The minimum atomic E-state index is -0.572. The first-order valence-corrected chi connectivity index (χ1v) is 11.8. The highest BCUT2D eigenvalue weighted by Crippen LogP contribution is 2.15. The zero-order chi connectivity index (χ0) is 25.9. The van der Waals surface area contributed by atoms with Crippen LogP contribution in [-0.4, -0.2) is 15.0 Å². The lowest BCUT2D eigenvalue weighted by Crippen LogP contribution is -2.39. The van der Waals surface area contributed by atoms with Crippen molar-refractivity contribution in [2.75, 3.05) is 5.32 Å². The minimum absolute atomic E-state index is 0.0242. The van der Waals surface area contributed by atoms with Gasteiger partial charge in [-0.3, -0.25) is 14.2 Å². The number of hydrogen-bond donors (Lipinski definition) is 1. The monoisotopic (exact) mass is 493 g/mol. The van der Waals surface area contributed by atoms with Crippen molar-refractivity contribution in [1.29, 1.82) is 0 Å². The molecule has 5 aromatic rings. The molecule has 37 heavy (non-hydrogen) atoms. The fourth-order valence-electron chi connectivity index (χ4n) is 4.29. The van der Waals surface area contributed by atoms with Gasteiger partial charge in [0.15, 0.2) is 0 Å². The lowest BCUT2D eigenvalue weighted by molar-refractivity contribution is -0.115. The Morgan fingerprint density at radius 3 is 2.24 bits per heavy atom. The summed E-state index contributed by atoms with van der Waals surface area (Å²) in [7, 11) is 0. The molecule has 0 bridgehead atoms. The van der Waals surface area contributed by atoms with E-state index in [1.165, 1.54) is 10.6 Å². The summed E-state index contributed by atoms with van der Waals surface area (Å²) in [5, 5.41) is 3.21. The van der Waals surface area contributed by atoms with Gasteiger partial charge in [0.25, 0.3) is 5.56 Å². The highest BCUT2D eigenvalue weighted by Gasteiger charge is 2.16. The summed E-state index contributed by atoms with van der Waals surface area (Å²) in [6.07, 6.45) is 0.137. The van der Waals surface area contributed by atoms with Gasteiger partial charge < -0.3 is 5.32 Å². The third-order valence-corrected chi connectivity index (χ3v) is 6.23. The van der Waals surface area contributed by atoms with E-state index in [2.05, 4.69) is 5.32 Å². The van der Waals surface area contributed by atoms with Gasteiger partial charge in [-0.1, -0.05) is 60.2 Å². The molecule has 0 radical (unpaired) electrons. The van der Waals surface area contributed by atoms with Gasteiger partial charge in [0, 0.05) is 11.3 Å². The van der Waals surface area contributed by atoms with E-state index in [0.717, 1.165) is 15.7 Å². The van der Waals surface area contributed by atoms with Crippen LogP contribution < -0.4 is 16.6 Å². The number of aromatic nitrogens is 2. The molecule has 1 heterocycles. The zero-order valence-corrected chi connectivity index (χ0v) is 20.1. The highest BCUT2D eigenvalue weighted by atomic mass is 19.1. The van der Waals surface area contributed by atoms with Gasteiger partial charge >= 0.3 is 5.69 Å². The minimum Gasteiger partial charge on any atom is -0.326 e. The Kier molecular flexibility index (Phi) is 6.51. The van der Waals surface area contributed by atoms with Crippen molar-refractivity contribution in [2.45, 2.75) is 19.9 Å². The molecule has 1 amide bonds. The normalized spacial score (nSPS) is 11.0. The Morgan fingerprint density at radius 2 is 1.51 bits per heavy atom. The number of benzene rings is 4. The average Bonchev–Trinajstić information content (AvgIpc) is 2.90. The number of nitrogens with one attached hydrogen (secondary N) is 1. The number of amides is 1. The maximum Gasteiger partial charge on any atom is 0.336 e. The summed E-state index contributed by atoms with van der Waals surface area (Å²) in [4.78, 5) is 39.3. The van der Waals surface area contributed by atoms with Crippen LogP contribution in [0.3, 0.4) is 0 Å². The topological polar surface area (TPSA) is 73.1 Å². The lowest BCUT2D eigenvalue weighted by Gasteiger charge is -2.15. The highest BCUT2D eigenvalue weighted by molar-refractivity contribution is 5.92. The van der Waals surface area contributed by atoms with Crippen molar-refractivity contribution in [3.8, 4) is 5.69 Å². The molecule has 0 aliphatic carbocycles. The van der Waals surface area contributed by atoms with Gasteiger partial charge in [-0.05, 0) is 55.0 Å². The number of hydrogen-bond acceptors (Lipinski definition) is 3. The van der Waals surface area contributed by atoms with Crippen LogP contribution in [0.25, 0.3) is 16.6 Å². The third-order valence-electron chi connectivity index (χ3n) is 6.23. The van der Waals surface area contributed by atoms with Crippen molar-refractivity contribution in [3.63, 3.8) is 0 Å². The molecule has 6 nitrogen and oxygen atoms in total. The average molecular weight is 494 g/mol. The van der Waals surface area contributed by atoms with E-state index >= 15 is 0 Å². The van der Waals surface area contributed by atoms with Crippen LogP contribution in [0, 0.1) is 12.7 Å². The van der Waals surface area contributed by atoms with Gasteiger partial charge in [0.05, 0.1) is 29.6 Å². The Labute approximate surface area is 212 Å². The van der Waals surface area contributed by atoms with Crippen LogP contribution in [0.4, 0.5) is 10.1 Å². The van der Waals surface area contributed by atoms with Gasteiger partial charge in [0.2, 0.25) is 5.91 Å². The lowest BCUT2D eigenvalue weighted by atomic mass is 10.1. The molecular weight excluding hydrogens is 469 g/mol. The maximum atomic E-state index is 14.4. The molecule has 0 saturated carbocycles. The number of nitrogens with zero attached hydrogens (tertiary/aromatic N) is 2. The standard InChI is InChI=1S/C30H24FN3O3/c1-20-10-14-23(15-11-20)32-28(35)18-21-12-16-24(17-13-21)34-29(36)25-7-3-5-9-27(25)33(30(34)37)19-22-6-2-4-8-26(22)31/h2-17H,18-19H2,1H3,(H,32,35). The first kappa shape index (κ1) is 23.9. The van der Waals surface area contributed by atoms with Crippen LogP contribution in [0.5, 0.6) is 0 Å². The fourth-order valence-corrected chi connectivity index (χ4v) is 4.29. The smallest absolute Gasteiger partial charge is 0.326 e. The molecule has 4 aromatic carbocycles. The number of aryl methyl sites for hydroxylation is 1. The number of carbonyl (C=O) groups excluding carboxylic acids is 1. The van der Waals surface area contributed by atoms with E-state index in [9.17, 15) is 18.8 Å². The molecule has 0 aliphatic heterocycles. The van der Waals surface area contributed by atoms with Gasteiger partial charge in [-0.25, -0.2) is 13.8 Å². The number of halogens is 1. The summed E-state index contributed by atoms with van der Waals surface area (Å²) < 4.78 is 16.9. The van der Waals surface area contributed by atoms with Crippen LogP contribution >= 0.6 is 0 Å². The van der Waals surface area contributed by atoms with Crippen LogP contribution in [0.2, 0.25) is 0 Å². The largest absolute Gasteiger partial charge is 0.336 e. The summed E-state index contributed by atoms with van der Waals surface area (Å²) in [5.41, 5.74) is 2.65. The second-order valence-corrected chi connectivity index (χ2v) is 8.88. The first-order chi connectivity index (χ1) is 17.9. The van der Waals surface area contributed by atoms with Crippen molar-refractivity contribution in [1.82, 2.24) is 9.13 Å². The molecule has 184 valence electrons. The number of para-hydroxylation sites is 1. The van der Waals surface area contributed by atoms with Gasteiger partial charge in [-0.2, -0.15) is 0 Å². The molecule has 1 N–H and O–H groups in total. The van der Waals surface area contributed by atoms with Crippen molar-refractivity contribution in [2.24, 2.45) is 0 Å². The van der Waals surface area contributed by atoms with Crippen molar-refractivity contribution in [3.05, 3.63) is 140 Å². The third kappa shape index (κ3) is 4.97. The number of rotatable bonds is 6. The molecule has 0 unspecified atom stereocenters. The summed E-state index contributed by atoms with van der Waals surface area (Å²) >= 11 is 0. The Bertz CT molecular complexity index is 1720. The molecule has 5 rings (SSSR count). The SMILES string of the molecule is Cc1ccc(NC(=O)Cc2ccc(-n3c(=O)c4ccccc4n(Cc4ccccc4F)c3=O)cc2)cc1. The summed E-state index contributed by atoms with van der Waals surface area (Å²) in [6.45, 7) is 1.95. The molecule has 0 atom stereocenters. The number of anilines is 1. The Balaban J connectivity index is 1.48. The van der Waals surface area contributed by atoms with Gasteiger partial charge in [0.1, 0.15) is 5.82 Å². The quantitative estimate of drug-likeness (QED) is 0.368. The van der Waals surface area contributed by atoms with E-state index in [-0.39, 0.29) is 18.9 Å². The Hall–Kier alpha value is -4.78. The van der Waals surface area contributed by atoms with Crippen molar-refractivity contribution < 1.29 is 9.18 Å². The van der Waals surface area contributed by atoms with E-state index in [1.807, 2.05) is 31.2 Å². The van der Waals surface area contributed by atoms with Crippen LogP contribution in [0.1, 0.15) is 16.7 Å². The van der Waals surface area contributed by atoms with E-state index < -0.39 is 17.1 Å². The van der Waals surface area contributed by atoms with Crippen molar-refractivity contribution >= 4 is 22.5 Å². The van der Waals surface area contributed by atoms with E-state index in [0.29, 0.717) is 27.8 Å². The molecule has 0 fully saturated rings. The molecule has 0 saturated heterocycles. The maximum absolute atomic E-state index is 14.4. The molecule has 0 spiro atoms. The summed E-state index contributed by atoms with van der Waals surface area (Å²) in [5.74, 6) is -0.601. The molecular formula is C30H24FN3O3. The Morgan fingerprint density at radius 1 is 0.838 bits per heavy atom. The fraction of sp³-hybridized carbons (Fsp3) is 0.100. The number of carbonyl (C=O) groups is 1. The molecule has 0 aliphatic rings. The molecule has 1 aromatic heterocycles. The number of fused-ring (bicyclic) bond motifs is 1. The first-order valence-electron chi connectivity index (χ1n) is 11.8. The van der Waals surface area contributed by atoms with Gasteiger partial charge in [-0.15, -0.1) is 0 Å². The molecule has 7 heteroatoms. The predicted octanol–water partition coefficient (Wildman–Crippen LogP) is 4.83. The predicted molar refractivity (Wildman–Crippen MR) is 143 cm³/mol. The summed E-state index contributed by atoms with van der Waals surface area (Å²) in [6, 6.07) is 27.3. The van der Waals surface area contributed by atoms with E-state index in [4.69, 9.17) is 0 Å². The van der Waals surface area contributed by atoms with Crippen LogP contribution in [0.15, 0.2) is 107 Å². The second-order valence-electron chi connectivity index (χ2n) is 8.88. The zero-order valence-electron chi connectivity index (χ0n) is 20.1.